The number of carbonyl (C=O) groups is 1. The summed E-state index contributed by atoms with van der Waals surface area (Å²) >= 11 is 0. The van der Waals surface area contributed by atoms with E-state index >= 15 is 0 Å². The molecule has 0 spiro atoms. The number of hydrogen-bond donors (Lipinski definition) is 1. The molecule has 6 nitrogen and oxygen atoms in total. The summed E-state index contributed by atoms with van der Waals surface area (Å²) in [6, 6.07) is 7.41. The molecular formula is C17H24N4O2. The lowest BCUT2D eigenvalue weighted by molar-refractivity contribution is 0.0263. The predicted molar refractivity (Wildman–Crippen MR) is 90.2 cm³/mol. The second-order valence-corrected chi connectivity index (χ2v) is 6.69. The van der Waals surface area contributed by atoms with Crippen LogP contribution in [0.5, 0.6) is 0 Å². The third-order valence-electron chi connectivity index (χ3n) is 3.65. The fourth-order valence-electron chi connectivity index (χ4n) is 2.55. The van der Waals surface area contributed by atoms with Crippen molar-refractivity contribution in [3.05, 3.63) is 23.8 Å². The van der Waals surface area contributed by atoms with Crippen LogP contribution < -0.4 is 10.6 Å². The van der Waals surface area contributed by atoms with Crippen molar-refractivity contribution >= 4 is 17.5 Å². The smallest absolute Gasteiger partial charge is 0.410 e. The zero-order valence-electron chi connectivity index (χ0n) is 14.0. The number of benzene rings is 1. The molecule has 0 aliphatic carbocycles. The van der Waals surface area contributed by atoms with Crippen LogP contribution in [0.15, 0.2) is 18.2 Å². The molecule has 1 aliphatic rings. The van der Waals surface area contributed by atoms with Crippen molar-refractivity contribution in [2.45, 2.75) is 32.8 Å². The molecule has 2 rings (SSSR count). The van der Waals surface area contributed by atoms with Crippen molar-refractivity contribution in [1.82, 2.24) is 4.90 Å². The van der Waals surface area contributed by atoms with Gasteiger partial charge in [-0.25, -0.2) is 4.79 Å². The van der Waals surface area contributed by atoms with Gasteiger partial charge in [0.1, 0.15) is 5.60 Å². The van der Waals surface area contributed by atoms with E-state index in [1.165, 1.54) is 0 Å². The van der Waals surface area contributed by atoms with E-state index in [2.05, 4.69) is 11.0 Å². The Labute approximate surface area is 137 Å². The van der Waals surface area contributed by atoms with E-state index in [9.17, 15) is 4.79 Å². The minimum Gasteiger partial charge on any atom is -0.444 e. The largest absolute Gasteiger partial charge is 0.444 e. The molecule has 1 amide bonds. The molecule has 1 fully saturated rings. The Morgan fingerprint density at radius 2 is 2.00 bits per heavy atom. The van der Waals surface area contributed by atoms with Crippen molar-refractivity contribution in [2.75, 3.05) is 36.8 Å². The van der Waals surface area contributed by atoms with E-state index < -0.39 is 5.60 Å². The summed E-state index contributed by atoms with van der Waals surface area (Å²) in [6.07, 6.45) is 0.549. The molecule has 0 unspecified atom stereocenters. The zero-order valence-corrected chi connectivity index (χ0v) is 14.0. The number of nitrogens with zero attached hydrogens (tertiary/aromatic N) is 3. The highest BCUT2D eigenvalue weighted by atomic mass is 16.6. The van der Waals surface area contributed by atoms with Crippen LogP contribution in [0, 0.1) is 11.3 Å². The average molecular weight is 316 g/mol. The quantitative estimate of drug-likeness (QED) is 0.805. The van der Waals surface area contributed by atoms with Gasteiger partial charge in [-0.2, -0.15) is 5.26 Å². The molecule has 23 heavy (non-hydrogen) atoms. The molecule has 0 saturated carbocycles. The van der Waals surface area contributed by atoms with Crippen molar-refractivity contribution in [3.8, 4) is 6.07 Å². The Hall–Kier alpha value is -2.42. The van der Waals surface area contributed by atoms with E-state index in [4.69, 9.17) is 15.7 Å². The number of amides is 1. The Kier molecular flexibility index (Phi) is 4.99. The number of hydrogen-bond acceptors (Lipinski definition) is 5. The molecule has 124 valence electrons. The summed E-state index contributed by atoms with van der Waals surface area (Å²) in [5.41, 5.74) is 7.65. The molecule has 1 aromatic carbocycles. The normalized spacial score (nSPS) is 15.7. The summed E-state index contributed by atoms with van der Waals surface area (Å²) in [4.78, 5) is 16.1. The van der Waals surface area contributed by atoms with E-state index in [1.54, 1.807) is 23.1 Å². The third-order valence-corrected chi connectivity index (χ3v) is 3.65. The Morgan fingerprint density at radius 1 is 1.26 bits per heavy atom. The Morgan fingerprint density at radius 3 is 2.65 bits per heavy atom. The van der Waals surface area contributed by atoms with E-state index in [0.29, 0.717) is 30.9 Å². The van der Waals surface area contributed by atoms with E-state index in [0.717, 1.165) is 18.7 Å². The molecule has 0 aromatic heterocycles. The molecule has 1 aromatic rings. The van der Waals surface area contributed by atoms with Gasteiger partial charge in [0.05, 0.1) is 23.0 Å². The van der Waals surface area contributed by atoms with Gasteiger partial charge in [-0.05, 0) is 45.4 Å². The van der Waals surface area contributed by atoms with Gasteiger partial charge in [0.2, 0.25) is 0 Å². The van der Waals surface area contributed by atoms with Crippen LogP contribution in [0.25, 0.3) is 0 Å². The van der Waals surface area contributed by atoms with Gasteiger partial charge < -0.3 is 20.3 Å². The molecule has 0 atom stereocenters. The van der Waals surface area contributed by atoms with Crippen LogP contribution in [0.3, 0.4) is 0 Å². The number of rotatable bonds is 1. The average Bonchev–Trinajstić information content (AvgIpc) is 2.72. The first-order valence-corrected chi connectivity index (χ1v) is 7.82. The fraction of sp³-hybridized carbons (Fsp3) is 0.529. The van der Waals surface area contributed by atoms with Gasteiger partial charge in [0.25, 0.3) is 0 Å². The first-order chi connectivity index (χ1) is 10.8. The lowest BCUT2D eigenvalue weighted by Gasteiger charge is -2.27. The maximum Gasteiger partial charge on any atom is 0.410 e. The maximum atomic E-state index is 12.2. The maximum absolute atomic E-state index is 12.2. The summed E-state index contributed by atoms with van der Waals surface area (Å²) in [6.45, 7) is 8.28. The molecule has 0 bridgehead atoms. The Bertz CT molecular complexity index is 616. The number of anilines is 2. The standard InChI is InChI=1S/C17H24N4O2/c1-17(2,3)23-16(22)21-8-4-7-20(9-10-21)15-11-13(12-18)5-6-14(15)19/h5-6,11H,4,7-10,19H2,1-3H3. The lowest BCUT2D eigenvalue weighted by Crippen LogP contribution is -2.39. The van der Waals surface area contributed by atoms with Gasteiger partial charge >= 0.3 is 6.09 Å². The first kappa shape index (κ1) is 16.9. The van der Waals surface area contributed by atoms with Crippen LogP contribution in [-0.4, -0.2) is 42.8 Å². The van der Waals surface area contributed by atoms with Crippen LogP contribution in [0.4, 0.5) is 16.2 Å². The molecular weight excluding hydrogens is 292 g/mol. The molecule has 0 radical (unpaired) electrons. The van der Waals surface area contributed by atoms with Crippen molar-refractivity contribution < 1.29 is 9.53 Å². The fourth-order valence-corrected chi connectivity index (χ4v) is 2.55. The number of nitrogens with two attached hydrogens (primary N) is 1. The summed E-state index contributed by atoms with van der Waals surface area (Å²) in [7, 11) is 0. The van der Waals surface area contributed by atoms with Gasteiger partial charge in [0.15, 0.2) is 0 Å². The second-order valence-electron chi connectivity index (χ2n) is 6.69. The van der Waals surface area contributed by atoms with Crippen molar-refractivity contribution in [1.29, 1.82) is 5.26 Å². The minimum atomic E-state index is -0.491. The highest BCUT2D eigenvalue weighted by Gasteiger charge is 2.25. The number of carbonyl (C=O) groups excluding carboxylic acids is 1. The highest BCUT2D eigenvalue weighted by Crippen LogP contribution is 2.25. The summed E-state index contributed by atoms with van der Waals surface area (Å²) in [5, 5.41) is 9.05. The van der Waals surface area contributed by atoms with Gasteiger partial charge in [0, 0.05) is 26.2 Å². The minimum absolute atomic E-state index is 0.280. The van der Waals surface area contributed by atoms with E-state index in [1.807, 2.05) is 20.8 Å². The number of nitrogen functional groups attached to an aromatic ring is 1. The van der Waals surface area contributed by atoms with Gasteiger partial charge in [-0.1, -0.05) is 0 Å². The van der Waals surface area contributed by atoms with Crippen LogP contribution >= 0.6 is 0 Å². The topological polar surface area (TPSA) is 82.6 Å². The number of nitriles is 1. The van der Waals surface area contributed by atoms with Crippen LogP contribution in [0.1, 0.15) is 32.8 Å². The number of ether oxygens (including phenoxy) is 1. The van der Waals surface area contributed by atoms with Crippen molar-refractivity contribution in [3.63, 3.8) is 0 Å². The van der Waals surface area contributed by atoms with Gasteiger partial charge in [-0.3, -0.25) is 0 Å². The highest BCUT2D eigenvalue weighted by molar-refractivity contribution is 5.71. The summed E-state index contributed by atoms with van der Waals surface area (Å²) in [5.74, 6) is 0. The van der Waals surface area contributed by atoms with E-state index in [-0.39, 0.29) is 6.09 Å². The van der Waals surface area contributed by atoms with Crippen LogP contribution in [0.2, 0.25) is 0 Å². The third kappa shape index (κ3) is 4.52. The molecule has 1 saturated heterocycles. The van der Waals surface area contributed by atoms with Crippen molar-refractivity contribution in [2.24, 2.45) is 0 Å². The molecule has 6 heteroatoms. The molecule has 1 aliphatic heterocycles. The van der Waals surface area contributed by atoms with Crippen LogP contribution in [-0.2, 0) is 4.74 Å². The predicted octanol–water partition coefficient (Wildman–Crippen LogP) is 2.59. The summed E-state index contributed by atoms with van der Waals surface area (Å²) < 4.78 is 5.43. The lowest BCUT2D eigenvalue weighted by atomic mass is 10.1. The zero-order chi connectivity index (χ0) is 17.0. The van der Waals surface area contributed by atoms with Gasteiger partial charge in [-0.15, -0.1) is 0 Å². The SMILES string of the molecule is CC(C)(C)OC(=O)N1CCCN(c2cc(C#N)ccc2N)CC1. The first-order valence-electron chi connectivity index (χ1n) is 7.82. The molecule has 2 N–H and O–H groups in total. The Balaban J connectivity index is 2.07. The monoisotopic (exact) mass is 316 g/mol. The second kappa shape index (κ2) is 6.78. The molecule has 1 heterocycles.